The maximum atomic E-state index is 14.6. The Bertz CT molecular complexity index is 1010. The summed E-state index contributed by atoms with van der Waals surface area (Å²) in [7, 11) is 3.04. The zero-order chi connectivity index (χ0) is 21.1. The van der Waals surface area contributed by atoms with Crippen molar-refractivity contribution >= 4 is 44.9 Å². The molecule has 2 aromatic rings. The Balaban J connectivity index is 1.99. The minimum atomic E-state index is -0.759. The van der Waals surface area contributed by atoms with Crippen molar-refractivity contribution in [2.24, 2.45) is 0 Å². The molecule has 0 aromatic heterocycles. The zero-order valence-corrected chi connectivity index (χ0v) is 18.3. The molecule has 1 unspecified atom stereocenters. The van der Waals surface area contributed by atoms with Gasteiger partial charge in [-0.1, -0.05) is 15.9 Å². The van der Waals surface area contributed by atoms with Crippen LogP contribution in [0, 0.1) is 5.82 Å². The van der Waals surface area contributed by atoms with Crippen molar-refractivity contribution in [3.05, 3.63) is 63.5 Å². The van der Waals surface area contributed by atoms with Crippen molar-refractivity contribution < 1.29 is 18.7 Å². The van der Waals surface area contributed by atoms with Gasteiger partial charge < -0.3 is 25.4 Å². The molecule has 2 aromatic carbocycles. The molecule has 0 spiro atoms. The molecule has 29 heavy (non-hydrogen) atoms. The van der Waals surface area contributed by atoms with E-state index in [9.17, 15) is 9.18 Å². The van der Waals surface area contributed by atoms with Gasteiger partial charge >= 0.3 is 0 Å². The number of ether oxygens (including phenoxy) is 2. The van der Waals surface area contributed by atoms with Crippen LogP contribution in [-0.2, 0) is 4.79 Å². The van der Waals surface area contributed by atoms with E-state index in [-0.39, 0.29) is 0 Å². The Labute approximate surface area is 181 Å². The smallest absolute Gasteiger partial charge is 0.255 e. The fourth-order valence-corrected chi connectivity index (χ4v) is 3.71. The predicted molar refractivity (Wildman–Crippen MR) is 117 cm³/mol. The monoisotopic (exact) mass is 479 g/mol. The Hall–Kier alpha value is -2.65. The molecule has 0 bridgehead atoms. The second-order valence-corrected chi connectivity index (χ2v) is 7.58. The van der Waals surface area contributed by atoms with E-state index in [1.807, 2.05) is 0 Å². The third kappa shape index (κ3) is 4.51. The van der Waals surface area contributed by atoms with Gasteiger partial charge in [0, 0.05) is 21.8 Å². The summed E-state index contributed by atoms with van der Waals surface area (Å²) in [6, 6.07) is 8.83. The van der Waals surface area contributed by atoms with Gasteiger partial charge in [0.05, 0.1) is 31.5 Å². The van der Waals surface area contributed by atoms with E-state index in [4.69, 9.17) is 21.7 Å². The van der Waals surface area contributed by atoms with Crippen LogP contribution in [-0.4, -0.2) is 25.2 Å². The lowest BCUT2D eigenvalue weighted by atomic mass is 9.94. The molecule has 1 aliphatic heterocycles. The van der Waals surface area contributed by atoms with Crippen molar-refractivity contribution in [2.75, 3.05) is 19.5 Å². The Morgan fingerprint density at radius 1 is 1.21 bits per heavy atom. The zero-order valence-electron chi connectivity index (χ0n) is 15.9. The number of carbonyl (C=O) groups excluding carboxylic acids is 1. The Kier molecular flexibility index (Phi) is 6.39. The molecule has 9 heteroatoms. The summed E-state index contributed by atoms with van der Waals surface area (Å²) in [4.78, 5) is 13.2. The number of carbonyl (C=O) groups is 1. The van der Waals surface area contributed by atoms with Crippen molar-refractivity contribution in [1.82, 2.24) is 10.6 Å². The average molecular weight is 480 g/mol. The normalized spacial score (nSPS) is 16.0. The number of rotatable bonds is 5. The van der Waals surface area contributed by atoms with Gasteiger partial charge in [0.2, 0.25) is 0 Å². The molecule has 3 rings (SSSR count). The van der Waals surface area contributed by atoms with Gasteiger partial charge in [0.15, 0.2) is 5.11 Å². The summed E-state index contributed by atoms with van der Waals surface area (Å²) < 4.78 is 25.8. The fourth-order valence-electron chi connectivity index (χ4n) is 3.06. The van der Waals surface area contributed by atoms with Crippen LogP contribution in [0.4, 0.5) is 10.1 Å². The molecule has 0 saturated carbocycles. The highest BCUT2D eigenvalue weighted by Gasteiger charge is 2.32. The highest BCUT2D eigenvalue weighted by molar-refractivity contribution is 9.10. The number of hydrogen-bond acceptors (Lipinski definition) is 4. The quantitative estimate of drug-likeness (QED) is 0.562. The van der Waals surface area contributed by atoms with Crippen LogP contribution in [0.25, 0.3) is 0 Å². The number of amides is 1. The second-order valence-electron chi connectivity index (χ2n) is 6.26. The van der Waals surface area contributed by atoms with Crippen molar-refractivity contribution in [3.63, 3.8) is 0 Å². The van der Waals surface area contributed by atoms with Crippen LogP contribution in [0.15, 0.2) is 52.1 Å². The van der Waals surface area contributed by atoms with Gasteiger partial charge in [-0.3, -0.25) is 4.79 Å². The minimum Gasteiger partial charge on any atom is -0.497 e. The number of methoxy groups -OCH3 is 2. The van der Waals surface area contributed by atoms with Crippen LogP contribution in [0.3, 0.4) is 0 Å². The van der Waals surface area contributed by atoms with E-state index in [1.54, 1.807) is 44.4 Å². The van der Waals surface area contributed by atoms with E-state index >= 15 is 0 Å². The summed E-state index contributed by atoms with van der Waals surface area (Å²) in [6.45, 7) is 1.72. The number of benzene rings is 2. The van der Waals surface area contributed by atoms with Crippen LogP contribution >= 0.6 is 28.1 Å². The number of allylic oxidation sites excluding steroid dienone is 1. The lowest BCUT2D eigenvalue weighted by Crippen LogP contribution is -2.46. The third-order valence-corrected chi connectivity index (χ3v) is 5.15. The maximum absolute atomic E-state index is 14.6. The van der Waals surface area contributed by atoms with Crippen LogP contribution < -0.4 is 25.4 Å². The lowest BCUT2D eigenvalue weighted by molar-refractivity contribution is -0.113. The van der Waals surface area contributed by atoms with E-state index in [1.165, 1.54) is 13.2 Å². The van der Waals surface area contributed by atoms with Crippen molar-refractivity contribution in [2.45, 2.75) is 13.0 Å². The van der Waals surface area contributed by atoms with E-state index in [2.05, 4.69) is 31.9 Å². The molecule has 6 nitrogen and oxygen atoms in total. The molecular weight excluding hydrogens is 461 g/mol. The summed E-state index contributed by atoms with van der Waals surface area (Å²) in [6.07, 6.45) is 0. The minimum absolute atomic E-state index is 0.300. The number of thiocarbonyl (C=S) groups is 1. The first kappa shape index (κ1) is 21.1. The molecule has 1 amide bonds. The van der Waals surface area contributed by atoms with Crippen LogP contribution in [0.5, 0.6) is 11.5 Å². The number of nitrogens with one attached hydrogen (secondary N) is 3. The topological polar surface area (TPSA) is 71.6 Å². The van der Waals surface area contributed by atoms with Crippen LogP contribution in [0.1, 0.15) is 18.5 Å². The predicted octanol–water partition coefficient (Wildman–Crippen LogP) is 4.04. The highest BCUT2D eigenvalue weighted by Crippen LogP contribution is 2.33. The van der Waals surface area contributed by atoms with Gasteiger partial charge in [0.25, 0.3) is 5.91 Å². The fraction of sp³-hybridized carbons (Fsp3) is 0.200. The lowest BCUT2D eigenvalue weighted by Gasteiger charge is -2.30. The van der Waals surface area contributed by atoms with Gasteiger partial charge in [0.1, 0.15) is 17.3 Å². The molecule has 0 saturated heterocycles. The molecule has 0 fully saturated rings. The highest BCUT2D eigenvalue weighted by atomic mass is 79.9. The Morgan fingerprint density at radius 3 is 2.66 bits per heavy atom. The molecule has 0 radical (unpaired) electrons. The summed E-state index contributed by atoms with van der Waals surface area (Å²) in [5.41, 5.74) is 1.60. The number of anilines is 1. The second kappa shape index (κ2) is 8.79. The van der Waals surface area contributed by atoms with Gasteiger partial charge in [-0.05, 0) is 49.5 Å². The summed E-state index contributed by atoms with van der Waals surface area (Å²) >= 11 is 8.56. The maximum Gasteiger partial charge on any atom is 0.255 e. The molecule has 1 atom stereocenters. The molecule has 152 valence electrons. The SMILES string of the molecule is COc1ccc(NC(=O)C2=C(C)NC(=S)NC2c2cc(Br)ccc2F)c(OC)c1. The standard InChI is InChI=1S/C20H19BrFN3O3S/c1-10-17(19(26)24-15-7-5-12(27-2)9-16(15)28-3)18(25-20(29)23-10)13-8-11(21)4-6-14(13)22/h4-9,18H,1-3H3,(H,24,26)(H2,23,25,29). The first-order chi connectivity index (χ1) is 13.8. The molecule has 0 aliphatic carbocycles. The third-order valence-electron chi connectivity index (χ3n) is 4.44. The average Bonchev–Trinajstić information content (AvgIpc) is 2.69. The summed E-state index contributed by atoms with van der Waals surface area (Å²) in [5.74, 6) is 0.164. The van der Waals surface area contributed by atoms with Crippen molar-refractivity contribution in [1.29, 1.82) is 0 Å². The largest absolute Gasteiger partial charge is 0.497 e. The first-order valence-corrected chi connectivity index (χ1v) is 9.80. The van der Waals surface area contributed by atoms with E-state index < -0.39 is 17.8 Å². The summed E-state index contributed by atoms with van der Waals surface area (Å²) in [5, 5.41) is 9.05. The van der Waals surface area contributed by atoms with Crippen LogP contribution in [0.2, 0.25) is 0 Å². The number of hydrogen-bond donors (Lipinski definition) is 3. The van der Waals surface area contributed by atoms with E-state index in [0.29, 0.717) is 43.6 Å². The number of halogens is 2. The van der Waals surface area contributed by atoms with Gasteiger partial charge in [-0.15, -0.1) is 0 Å². The molecule has 1 aliphatic rings. The van der Waals surface area contributed by atoms with Gasteiger partial charge in [-0.25, -0.2) is 4.39 Å². The molecular formula is C20H19BrFN3O3S. The van der Waals surface area contributed by atoms with Gasteiger partial charge in [-0.2, -0.15) is 0 Å². The first-order valence-electron chi connectivity index (χ1n) is 8.60. The van der Waals surface area contributed by atoms with E-state index in [0.717, 1.165) is 0 Å². The molecule has 3 N–H and O–H groups in total. The Morgan fingerprint density at radius 2 is 1.97 bits per heavy atom. The molecule has 1 heterocycles. The van der Waals surface area contributed by atoms with Crippen molar-refractivity contribution in [3.8, 4) is 11.5 Å².